The van der Waals surface area contributed by atoms with E-state index < -0.39 is 6.04 Å². The van der Waals surface area contributed by atoms with Crippen molar-refractivity contribution in [1.29, 1.82) is 0 Å². The van der Waals surface area contributed by atoms with Gasteiger partial charge < -0.3 is 15.2 Å². The van der Waals surface area contributed by atoms with E-state index in [9.17, 15) is 9.18 Å². The van der Waals surface area contributed by atoms with E-state index in [4.69, 9.17) is 10.3 Å². The molecule has 0 saturated carbocycles. The number of carbonyl (C=O) groups is 1. The van der Waals surface area contributed by atoms with Gasteiger partial charge in [0.15, 0.2) is 0 Å². The molecule has 0 unspecified atom stereocenters. The number of carbonyl (C=O) groups excluding carboxylic acids is 1. The number of benzene rings is 1. The van der Waals surface area contributed by atoms with Crippen molar-refractivity contribution in [2.24, 2.45) is 5.73 Å². The molecule has 0 aliphatic carbocycles. The summed E-state index contributed by atoms with van der Waals surface area (Å²) < 4.78 is 19.3. The number of hydrogen-bond donors (Lipinski definition) is 1. The first-order valence-electron chi connectivity index (χ1n) is 9.65. The van der Waals surface area contributed by atoms with Crippen LogP contribution in [0.15, 0.2) is 53.2 Å². The Hall–Kier alpha value is -3.13. The Balaban J connectivity index is 1.42. The number of pyridine rings is 1. The second-order valence-electron chi connectivity index (χ2n) is 7.18. The van der Waals surface area contributed by atoms with E-state index in [1.807, 2.05) is 12.1 Å². The van der Waals surface area contributed by atoms with Crippen LogP contribution in [0.25, 0.3) is 11.5 Å². The summed E-state index contributed by atoms with van der Waals surface area (Å²) >= 11 is 0. The van der Waals surface area contributed by atoms with E-state index in [2.05, 4.69) is 15.1 Å². The van der Waals surface area contributed by atoms with Crippen LogP contribution in [0.1, 0.15) is 36.8 Å². The van der Waals surface area contributed by atoms with E-state index >= 15 is 0 Å². The maximum absolute atomic E-state index is 13.8. The van der Waals surface area contributed by atoms with Crippen LogP contribution in [0.5, 0.6) is 0 Å². The van der Waals surface area contributed by atoms with Crippen LogP contribution in [-0.4, -0.2) is 38.5 Å². The first-order chi connectivity index (χ1) is 14.1. The third-order valence-corrected chi connectivity index (χ3v) is 5.07. The van der Waals surface area contributed by atoms with Crippen molar-refractivity contribution in [3.8, 4) is 11.5 Å². The maximum Gasteiger partial charge on any atom is 0.249 e. The summed E-state index contributed by atoms with van der Waals surface area (Å²) in [5.41, 5.74) is 7.27. The fraction of sp³-hybridized carbons (Fsp3) is 0.333. The molecule has 150 valence electrons. The Bertz CT molecular complexity index is 978. The fourth-order valence-corrected chi connectivity index (χ4v) is 3.65. The zero-order valence-electron chi connectivity index (χ0n) is 15.9. The van der Waals surface area contributed by atoms with Crippen LogP contribution >= 0.6 is 0 Å². The molecule has 0 spiro atoms. The standard InChI is InChI=1S/C21H22FN5O2/c22-16-7-2-1-6-14(16)12-15(23)13-19(28)27-11-5-9-18(27)21-25-20(26-29-21)17-8-3-4-10-24-17/h1-4,6-8,10,15,18H,5,9,11-13,23H2/t15-,18-/m1/s1. The summed E-state index contributed by atoms with van der Waals surface area (Å²) in [5, 5.41) is 4.00. The van der Waals surface area contributed by atoms with Gasteiger partial charge in [-0.1, -0.05) is 29.4 Å². The van der Waals surface area contributed by atoms with Gasteiger partial charge in [-0.05, 0) is 43.0 Å². The van der Waals surface area contributed by atoms with Crippen LogP contribution in [0.2, 0.25) is 0 Å². The maximum atomic E-state index is 13.8. The second kappa shape index (κ2) is 8.48. The molecule has 1 aliphatic rings. The molecule has 1 amide bonds. The number of rotatable bonds is 6. The van der Waals surface area contributed by atoms with Gasteiger partial charge in [-0.25, -0.2) is 4.39 Å². The van der Waals surface area contributed by atoms with Crippen LogP contribution < -0.4 is 5.73 Å². The van der Waals surface area contributed by atoms with E-state index in [1.54, 1.807) is 35.4 Å². The Morgan fingerprint density at radius 3 is 2.90 bits per heavy atom. The van der Waals surface area contributed by atoms with Gasteiger partial charge in [0.05, 0.1) is 0 Å². The predicted octanol–water partition coefficient (Wildman–Crippen LogP) is 2.89. The summed E-state index contributed by atoms with van der Waals surface area (Å²) in [5.74, 6) is 0.409. The Kier molecular flexibility index (Phi) is 5.62. The van der Waals surface area contributed by atoms with Crippen LogP contribution in [0.3, 0.4) is 0 Å². The van der Waals surface area contributed by atoms with Crippen molar-refractivity contribution in [2.45, 2.75) is 37.8 Å². The molecule has 7 nitrogen and oxygen atoms in total. The fourth-order valence-electron chi connectivity index (χ4n) is 3.65. The van der Waals surface area contributed by atoms with Gasteiger partial charge in [0.2, 0.25) is 17.6 Å². The lowest BCUT2D eigenvalue weighted by Gasteiger charge is -2.23. The van der Waals surface area contributed by atoms with Crippen molar-refractivity contribution in [1.82, 2.24) is 20.0 Å². The normalized spacial score (nSPS) is 17.4. The number of likely N-dealkylation sites (tertiary alicyclic amines) is 1. The predicted molar refractivity (Wildman–Crippen MR) is 104 cm³/mol. The van der Waals surface area contributed by atoms with Gasteiger partial charge in [0, 0.05) is 25.2 Å². The molecule has 1 saturated heterocycles. The molecule has 2 N–H and O–H groups in total. The zero-order valence-corrected chi connectivity index (χ0v) is 15.9. The Morgan fingerprint density at radius 1 is 1.28 bits per heavy atom. The summed E-state index contributed by atoms with van der Waals surface area (Å²) in [6.07, 6.45) is 3.69. The number of hydrogen-bond acceptors (Lipinski definition) is 6. The van der Waals surface area contributed by atoms with Crippen LogP contribution in [0, 0.1) is 5.82 Å². The lowest BCUT2D eigenvalue weighted by Crippen LogP contribution is -2.36. The molecule has 1 aliphatic heterocycles. The van der Waals surface area contributed by atoms with E-state index in [-0.39, 0.29) is 24.2 Å². The summed E-state index contributed by atoms with van der Waals surface area (Å²) in [7, 11) is 0. The molecule has 2 atom stereocenters. The highest BCUT2D eigenvalue weighted by Gasteiger charge is 2.34. The molecule has 2 aromatic heterocycles. The molecule has 1 fully saturated rings. The Morgan fingerprint density at radius 2 is 2.10 bits per heavy atom. The molecule has 4 rings (SSSR count). The monoisotopic (exact) mass is 395 g/mol. The van der Waals surface area contributed by atoms with Crippen molar-refractivity contribution in [2.75, 3.05) is 6.54 Å². The highest BCUT2D eigenvalue weighted by molar-refractivity contribution is 5.77. The average molecular weight is 395 g/mol. The number of aromatic nitrogens is 3. The van der Waals surface area contributed by atoms with Crippen molar-refractivity contribution in [3.63, 3.8) is 0 Å². The lowest BCUT2D eigenvalue weighted by atomic mass is 10.0. The molecule has 0 radical (unpaired) electrons. The molecule has 29 heavy (non-hydrogen) atoms. The third-order valence-electron chi connectivity index (χ3n) is 5.07. The smallest absolute Gasteiger partial charge is 0.249 e. The van der Waals surface area contributed by atoms with Crippen molar-refractivity contribution >= 4 is 5.91 Å². The first kappa shape index (κ1) is 19.2. The van der Waals surface area contributed by atoms with Gasteiger partial charge in [-0.2, -0.15) is 4.98 Å². The van der Waals surface area contributed by atoms with Gasteiger partial charge in [0.25, 0.3) is 0 Å². The van der Waals surface area contributed by atoms with E-state index in [0.717, 1.165) is 12.8 Å². The summed E-state index contributed by atoms with van der Waals surface area (Å²) in [6, 6.07) is 11.2. The van der Waals surface area contributed by atoms with Crippen molar-refractivity contribution < 1.29 is 13.7 Å². The quantitative estimate of drug-likeness (QED) is 0.689. The SMILES string of the molecule is N[C@@H](CC(=O)N1CCC[C@@H]1c1nc(-c2ccccn2)no1)Cc1ccccc1F. The van der Waals surface area contributed by atoms with E-state index in [1.165, 1.54) is 6.07 Å². The molecule has 3 heterocycles. The highest BCUT2D eigenvalue weighted by atomic mass is 19.1. The minimum atomic E-state index is -0.465. The van der Waals surface area contributed by atoms with Gasteiger partial charge >= 0.3 is 0 Å². The highest BCUT2D eigenvalue weighted by Crippen LogP contribution is 2.32. The van der Waals surface area contributed by atoms with Crippen molar-refractivity contribution in [3.05, 3.63) is 65.9 Å². The number of nitrogens with zero attached hydrogens (tertiary/aromatic N) is 4. The van der Waals surface area contributed by atoms with Crippen LogP contribution in [-0.2, 0) is 11.2 Å². The van der Waals surface area contributed by atoms with Gasteiger partial charge in [-0.3, -0.25) is 9.78 Å². The molecule has 8 heteroatoms. The summed E-state index contributed by atoms with van der Waals surface area (Å²) in [6.45, 7) is 0.608. The Labute approximate surface area is 167 Å². The van der Waals surface area contributed by atoms with Crippen LogP contribution in [0.4, 0.5) is 4.39 Å². The van der Waals surface area contributed by atoms with Gasteiger partial charge in [0.1, 0.15) is 17.6 Å². The molecular formula is C21H22FN5O2. The molecule has 0 bridgehead atoms. The summed E-state index contributed by atoms with van der Waals surface area (Å²) in [4.78, 5) is 23.2. The number of nitrogens with two attached hydrogens (primary N) is 1. The van der Waals surface area contributed by atoms with E-state index in [0.29, 0.717) is 35.9 Å². The topological polar surface area (TPSA) is 98.1 Å². The molecular weight excluding hydrogens is 373 g/mol. The minimum absolute atomic E-state index is 0.0890. The first-order valence-corrected chi connectivity index (χ1v) is 9.65. The lowest BCUT2D eigenvalue weighted by molar-refractivity contribution is -0.132. The zero-order chi connectivity index (χ0) is 20.2. The van der Waals surface area contributed by atoms with Gasteiger partial charge in [-0.15, -0.1) is 0 Å². The molecule has 1 aromatic carbocycles. The number of halogens is 1. The second-order valence-corrected chi connectivity index (χ2v) is 7.18. The average Bonchev–Trinajstić information content (AvgIpc) is 3.40. The largest absolute Gasteiger partial charge is 0.337 e. The molecule has 3 aromatic rings. The third kappa shape index (κ3) is 4.32. The number of amides is 1. The minimum Gasteiger partial charge on any atom is -0.337 e.